The Bertz CT molecular complexity index is 1170. The number of carboxylic acids is 1. The summed E-state index contributed by atoms with van der Waals surface area (Å²) in [5.74, 6) is -1.58. The van der Waals surface area contributed by atoms with Gasteiger partial charge in [0.25, 0.3) is 0 Å². The summed E-state index contributed by atoms with van der Waals surface area (Å²) < 4.78 is 11.2. The predicted octanol–water partition coefficient (Wildman–Crippen LogP) is 3.80. The van der Waals surface area contributed by atoms with Gasteiger partial charge in [-0.05, 0) is 87.6 Å². The van der Waals surface area contributed by atoms with Crippen molar-refractivity contribution < 1.29 is 38.6 Å². The van der Waals surface area contributed by atoms with E-state index >= 15 is 0 Å². The molecule has 0 aliphatic rings. The van der Waals surface area contributed by atoms with Gasteiger partial charge in [0.1, 0.15) is 12.6 Å². The van der Waals surface area contributed by atoms with Crippen molar-refractivity contribution in [3.8, 4) is 0 Å². The van der Waals surface area contributed by atoms with Crippen LogP contribution in [0.4, 0.5) is 0 Å². The number of nitrogens with one attached hydrogen (secondary N) is 4. The molecule has 1 unspecified atom stereocenters. The Morgan fingerprint density at radius 1 is 0.712 bits per heavy atom. The number of ether oxygens (including phenoxy) is 2. The second-order valence-electron chi connectivity index (χ2n) is 18.2. The number of ketones is 3. The third-order valence-corrected chi connectivity index (χ3v) is 9.40. The number of nitrogens with two attached hydrogens (primary N) is 1. The molecule has 1 amide bonds. The molecule has 0 bridgehead atoms. The van der Waals surface area contributed by atoms with Crippen LogP contribution in [0.5, 0.6) is 0 Å². The van der Waals surface area contributed by atoms with E-state index in [1.807, 2.05) is 41.5 Å². The summed E-state index contributed by atoms with van der Waals surface area (Å²) in [7, 11) is 0. The van der Waals surface area contributed by atoms with Crippen molar-refractivity contribution in [1.29, 1.82) is 0 Å². The standard InChI is InChI=1S/C39H75N5O8/c1-15-39(14,31(47)28(24-40)43-32(48)36(8,9)26-37(10,11)33(49)50)42-20-21-51-22-23-52-25-29(45)38(12,13)41-19-17-16-18-27(44-35(5,6)7)30(46)34(2,3)4/h27-28,41-42,44H,15-26,40H2,1-14H3,(H,43,48)(H,49,50)/t27-,28-,39?/m0/s1. The molecule has 0 aliphatic carbocycles. The van der Waals surface area contributed by atoms with Gasteiger partial charge in [0.15, 0.2) is 17.3 Å². The van der Waals surface area contributed by atoms with Crippen molar-refractivity contribution in [2.24, 2.45) is 22.0 Å². The summed E-state index contributed by atoms with van der Waals surface area (Å²) in [6, 6.07) is -1.16. The van der Waals surface area contributed by atoms with Crippen LogP contribution in [0, 0.1) is 16.2 Å². The first-order valence-electron chi connectivity index (χ1n) is 18.9. The van der Waals surface area contributed by atoms with E-state index in [0.29, 0.717) is 19.5 Å². The molecule has 0 heterocycles. The second kappa shape index (κ2) is 21.0. The van der Waals surface area contributed by atoms with Gasteiger partial charge in [0.05, 0.1) is 42.4 Å². The van der Waals surface area contributed by atoms with Crippen molar-refractivity contribution in [3.63, 3.8) is 0 Å². The predicted molar refractivity (Wildman–Crippen MR) is 206 cm³/mol. The summed E-state index contributed by atoms with van der Waals surface area (Å²) >= 11 is 0. The fraction of sp³-hybridized carbons (Fsp3) is 0.872. The highest BCUT2D eigenvalue weighted by molar-refractivity contribution is 5.96. The molecule has 0 spiro atoms. The van der Waals surface area contributed by atoms with Crippen molar-refractivity contribution in [3.05, 3.63) is 0 Å². The van der Waals surface area contributed by atoms with Crippen LogP contribution in [-0.4, -0.2) is 109 Å². The highest BCUT2D eigenvalue weighted by atomic mass is 16.5. The number of hydrogen-bond acceptors (Lipinski definition) is 11. The van der Waals surface area contributed by atoms with Gasteiger partial charge in [0.2, 0.25) is 5.91 Å². The SMILES string of the molecule is CCC(C)(NCCOCCOCC(=O)C(C)(C)NCCCC[C@H](NC(C)(C)C)C(=O)C(C)(C)C)C(=O)[C@H](CN)NC(=O)C(C)(C)CC(C)(C)C(=O)O. The highest BCUT2D eigenvalue weighted by Crippen LogP contribution is 2.34. The Morgan fingerprint density at radius 3 is 1.79 bits per heavy atom. The molecule has 13 heteroatoms. The number of hydrogen-bond donors (Lipinski definition) is 6. The molecule has 0 aromatic heterocycles. The quantitative estimate of drug-likeness (QED) is 0.0668. The van der Waals surface area contributed by atoms with Crippen LogP contribution in [0.25, 0.3) is 0 Å². The average molecular weight is 742 g/mol. The number of amides is 1. The number of rotatable bonds is 27. The third-order valence-electron chi connectivity index (χ3n) is 9.40. The molecule has 0 aliphatic heterocycles. The molecule has 13 nitrogen and oxygen atoms in total. The highest BCUT2D eigenvalue weighted by Gasteiger charge is 2.42. The third kappa shape index (κ3) is 17.7. The Hall–Kier alpha value is -2.29. The second-order valence-corrected chi connectivity index (χ2v) is 18.2. The Labute approximate surface area is 314 Å². The number of carbonyl (C=O) groups excluding carboxylic acids is 4. The summed E-state index contributed by atoms with van der Waals surface area (Å²) in [6.07, 6.45) is 2.93. The van der Waals surface area contributed by atoms with E-state index in [1.165, 1.54) is 0 Å². The monoisotopic (exact) mass is 742 g/mol. The van der Waals surface area contributed by atoms with Crippen LogP contribution in [0.3, 0.4) is 0 Å². The topological polar surface area (TPSA) is 198 Å². The number of carboxylic acid groups (broad SMARTS) is 1. The number of aliphatic carboxylic acids is 1. The lowest BCUT2D eigenvalue weighted by Crippen LogP contribution is -2.61. The lowest BCUT2D eigenvalue weighted by molar-refractivity contribution is -0.150. The lowest BCUT2D eigenvalue weighted by Gasteiger charge is -2.35. The molecule has 0 fully saturated rings. The fourth-order valence-corrected chi connectivity index (χ4v) is 5.87. The molecule has 0 saturated carbocycles. The first-order valence-corrected chi connectivity index (χ1v) is 18.9. The van der Waals surface area contributed by atoms with E-state index in [1.54, 1.807) is 34.6 Å². The molecule has 52 heavy (non-hydrogen) atoms. The van der Waals surface area contributed by atoms with E-state index in [2.05, 4.69) is 42.0 Å². The minimum Gasteiger partial charge on any atom is -0.481 e. The van der Waals surface area contributed by atoms with E-state index in [4.69, 9.17) is 15.2 Å². The normalized spacial score (nSPS) is 15.4. The summed E-state index contributed by atoms with van der Waals surface area (Å²) in [5.41, 5.74) is 1.41. The Kier molecular flexibility index (Phi) is 20.0. The molecule has 3 atom stereocenters. The molecular weight excluding hydrogens is 666 g/mol. The van der Waals surface area contributed by atoms with Gasteiger partial charge >= 0.3 is 5.97 Å². The zero-order valence-electron chi connectivity index (χ0n) is 35.0. The van der Waals surface area contributed by atoms with Crippen molar-refractivity contribution in [2.75, 3.05) is 46.1 Å². The summed E-state index contributed by atoms with van der Waals surface area (Å²) in [6.45, 7) is 27.4. The minimum atomic E-state index is -1.12. The van der Waals surface area contributed by atoms with Gasteiger partial charge in [-0.2, -0.15) is 0 Å². The number of unbranched alkanes of at least 4 members (excludes halogenated alkanes) is 1. The largest absolute Gasteiger partial charge is 0.481 e. The fourth-order valence-electron chi connectivity index (χ4n) is 5.87. The van der Waals surface area contributed by atoms with Gasteiger partial charge in [-0.15, -0.1) is 0 Å². The maximum atomic E-state index is 13.5. The Morgan fingerprint density at radius 2 is 1.29 bits per heavy atom. The molecule has 0 aromatic rings. The zero-order valence-corrected chi connectivity index (χ0v) is 35.0. The van der Waals surface area contributed by atoms with Gasteiger partial charge in [-0.25, -0.2) is 0 Å². The number of Topliss-reactive ketones (excluding diaryl/α,β-unsaturated/α-hetero) is 3. The molecule has 0 saturated heterocycles. The van der Waals surface area contributed by atoms with Gasteiger partial charge < -0.3 is 41.6 Å². The minimum absolute atomic E-state index is 0.0571. The van der Waals surface area contributed by atoms with Crippen LogP contribution in [0.1, 0.15) is 129 Å². The summed E-state index contributed by atoms with van der Waals surface area (Å²) in [5, 5.41) is 22.3. The summed E-state index contributed by atoms with van der Waals surface area (Å²) in [4.78, 5) is 64.0. The first kappa shape index (κ1) is 49.7. The Balaban J connectivity index is 4.66. The number of carbonyl (C=O) groups is 5. The van der Waals surface area contributed by atoms with Gasteiger partial charge in [-0.1, -0.05) is 48.0 Å². The van der Waals surface area contributed by atoms with Crippen LogP contribution >= 0.6 is 0 Å². The van der Waals surface area contributed by atoms with Crippen molar-refractivity contribution >= 4 is 29.2 Å². The first-order chi connectivity index (χ1) is 23.6. The molecule has 304 valence electrons. The lowest BCUT2D eigenvalue weighted by atomic mass is 9.74. The van der Waals surface area contributed by atoms with Gasteiger partial charge in [0, 0.05) is 29.5 Å². The molecular formula is C39H75N5O8. The van der Waals surface area contributed by atoms with Crippen LogP contribution in [-0.2, 0) is 33.4 Å². The van der Waals surface area contributed by atoms with Crippen molar-refractivity contribution in [2.45, 2.75) is 158 Å². The van der Waals surface area contributed by atoms with Gasteiger partial charge in [-0.3, -0.25) is 24.0 Å². The molecule has 0 rings (SSSR count). The maximum Gasteiger partial charge on any atom is 0.309 e. The van der Waals surface area contributed by atoms with Crippen LogP contribution in [0.2, 0.25) is 0 Å². The molecule has 7 N–H and O–H groups in total. The van der Waals surface area contributed by atoms with Crippen LogP contribution < -0.4 is 27.0 Å². The van der Waals surface area contributed by atoms with E-state index in [0.717, 1.165) is 19.3 Å². The maximum absolute atomic E-state index is 13.5. The molecule has 0 aromatic carbocycles. The van der Waals surface area contributed by atoms with Crippen LogP contribution in [0.15, 0.2) is 0 Å². The van der Waals surface area contributed by atoms with E-state index < -0.39 is 45.2 Å². The smallest absolute Gasteiger partial charge is 0.309 e. The van der Waals surface area contributed by atoms with E-state index in [-0.39, 0.29) is 68.3 Å². The zero-order chi connectivity index (χ0) is 40.8. The van der Waals surface area contributed by atoms with E-state index in [9.17, 15) is 29.1 Å². The van der Waals surface area contributed by atoms with Crippen molar-refractivity contribution in [1.82, 2.24) is 21.3 Å². The average Bonchev–Trinajstić information content (AvgIpc) is 3.01. The molecule has 0 radical (unpaired) electrons.